The number of aliphatic hydroxyl groups excluding tert-OH is 2. The van der Waals surface area contributed by atoms with Gasteiger partial charge in [-0.3, -0.25) is 9.59 Å². The number of halogens is 2. The molecule has 2 fully saturated rings. The van der Waals surface area contributed by atoms with Crippen molar-refractivity contribution < 1.29 is 33.7 Å². The highest BCUT2D eigenvalue weighted by Gasteiger charge is 2.33. The molecule has 2 aliphatic rings. The minimum absolute atomic E-state index is 0. The quantitative estimate of drug-likeness (QED) is 0.478. The molecule has 1 aromatic rings. The number of benzene rings is 1. The molecule has 11 heteroatoms. The Morgan fingerprint density at radius 1 is 1.13 bits per heavy atom. The van der Waals surface area contributed by atoms with Gasteiger partial charge in [-0.05, 0) is 56.7 Å². The molecule has 3 N–H and O–H groups in total. The van der Waals surface area contributed by atoms with Crippen LogP contribution in [0, 0.1) is 11.7 Å². The second kappa shape index (κ2) is 17.1. The van der Waals surface area contributed by atoms with E-state index in [1.807, 2.05) is 0 Å². The number of hydrogen-bond donors (Lipinski definition) is 3. The summed E-state index contributed by atoms with van der Waals surface area (Å²) in [6.45, 7) is 6.35. The fourth-order valence-electron chi connectivity index (χ4n) is 4.76. The van der Waals surface area contributed by atoms with Gasteiger partial charge in [0.05, 0.1) is 18.2 Å². The molecular weight excluding hydrogens is 529 g/mol. The Kier molecular flexibility index (Phi) is 14.6. The Bertz CT molecular complexity index is 889. The molecule has 2 saturated heterocycles. The van der Waals surface area contributed by atoms with Crippen molar-refractivity contribution in [3.63, 3.8) is 0 Å². The maximum atomic E-state index is 14.6. The summed E-state index contributed by atoms with van der Waals surface area (Å²) < 4.78 is 26.2. The number of ether oxygens (including phenoxy) is 2. The molecule has 0 aromatic heterocycles. The lowest BCUT2D eigenvalue weighted by Gasteiger charge is -2.34. The van der Waals surface area contributed by atoms with Gasteiger partial charge in [0.1, 0.15) is 24.1 Å². The molecule has 0 saturated carbocycles. The molecule has 39 heavy (non-hydrogen) atoms. The first-order valence-electron chi connectivity index (χ1n) is 13.9. The van der Waals surface area contributed by atoms with Gasteiger partial charge in [-0.2, -0.15) is 0 Å². The average molecular weight is 574 g/mol. The summed E-state index contributed by atoms with van der Waals surface area (Å²) in [4.78, 5) is 30.0. The zero-order chi connectivity index (χ0) is 27.5. The van der Waals surface area contributed by atoms with Crippen LogP contribution in [0.4, 0.5) is 4.39 Å². The molecule has 2 amide bonds. The van der Waals surface area contributed by atoms with E-state index in [1.165, 1.54) is 23.1 Å². The monoisotopic (exact) mass is 573 g/mol. The van der Waals surface area contributed by atoms with Gasteiger partial charge < -0.3 is 34.8 Å². The number of carbonyl (C=O) groups excluding carboxylic acids is 2. The highest BCUT2D eigenvalue weighted by Crippen LogP contribution is 2.17. The van der Waals surface area contributed by atoms with Crippen molar-refractivity contribution in [1.29, 1.82) is 0 Å². The fraction of sp³-hybridized carbons (Fsp3) is 0.714. The number of hydrogen-bond acceptors (Lipinski definition) is 7. The molecule has 222 valence electrons. The van der Waals surface area contributed by atoms with E-state index in [2.05, 4.69) is 19.2 Å². The van der Waals surface area contributed by atoms with Crippen LogP contribution in [0.3, 0.4) is 0 Å². The van der Waals surface area contributed by atoms with E-state index >= 15 is 0 Å². The lowest BCUT2D eigenvalue weighted by molar-refractivity contribution is -0.134. The van der Waals surface area contributed by atoms with Crippen LogP contribution < -0.4 is 5.32 Å². The van der Waals surface area contributed by atoms with E-state index in [-0.39, 0.29) is 56.2 Å². The van der Waals surface area contributed by atoms with Gasteiger partial charge in [-0.15, -0.1) is 12.4 Å². The molecule has 4 atom stereocenters. The van der Waals surface area contributed by atoms with Crippen LogP contribution in [0.2, 0.25) is 0 Å². The van der Waals surface area contributed by atoms with Gasteiger partial charge in [0.15, 0.2) is 0 Å². The van der Waals surface area contributed by atoms with Gasteiger partial charge in [0, 0.05) is 39.4 Å². The lowest BCUT2D eigenvalue weighted by Crippen LogP contribution is -2.52. The van der Waals surface area contributed by atoms with Crippen molar-refractivity contribution in [3.05, 3.63) is 35.6 Å². The second-order valence-corrected chi connectivity index (χ2v) is 10.6. The Balaban J connectivity index is 0.00000533. The van der Waals surface area contributed by atoms with Crippen molar-refractivity contribution in [2.75, 3.05) is 52.5 Å². The van der Waals surface area contributed by atoms with Crippen LogP contribution in [0.25, 0.3) is 0 Å². The first-order chi connectivity index (χ1) is 18.3. The predicted molar refractivity (Wildman–Crippen MR) is 148 cm³/mol. The number of carbonyl (C=O) groups is 2. The third-order valence-corrected chi connectivity index (χ3v) is 7.16. The van der Waals surface area contributed by atoms with Crippen molar-refractivity contribution in [1.82, 2.24) is 15.1 Å². The summed E-state index contributed by atoms with van der Waals surface area (Å²) in [6.07, 6.45) is 0.355. The standard InChI is InChI=1S/C28H44FN3O6.ClH/c1-20(2)11-17-38-25-18-32(27(35)21-8-3-4-9-22(21)29)15-14-31(28(36)23-10-7-12-30-23)13-5-6-16-37-19-24(33)26(25)34;/h3-4,8-9,20,23-26,30,33-34H,5-7,10-19H2,1-2H3;1H/t23-,24-,25-,26-;/m1./s1. The molecular formula is C28H45ClFN3O6. The van der Waals surface area contributed by atoms with Crippen molar-refractivity contribution in [2.45, 2.75) is 70.3 Å². The topological polar surface area (TPSA) is 112 Å². The number of aliphatic hydroxyl groups is 2. The number of rotatable bonds is 6. The molecule has 2 heterocycles. The van der Waals surface area contributed by atoms with Gasteiger partial charge in [-0.25, -0.2) is 4.39 Å². The largest absolute Gasteiger partial charge is 0.388 e. The van der Waals surface area contributed by atoms with Crippen LogP contribution in [-0.4, -0.2) is 109 Å². The average Bonchev–Trinajstić information content (AvgIpc) is 3.44. The number of amides is 2. The Hall–Kier alpha value is -1.82. The molecule has 0 bridgehead atoms. The third-order valence-electron chi connectivity index (χ3n) is 7.16. The van der Waals surface area contributed by atoms with Crippen molar-refractivity contribution in [3.8, 4) is 0 Å². The molecule has 9 nitrogen and oxygen atoms in total. The zero-order valence-corrected chi connectivity index (χ0v) is 23.9. The van der Waals surface area contributed by atoms with Gasteiger partial charge in [-0.1, -0.05) is 26.0 Å². The highest BCUT2D eigenvalue weighted by atomic mass is 35.5. The molecule has 3 rings (SSSR count). The number of nitrogens with zero attached hydrogens (tertiary/aromatic N) is 2. The molecule has 0 radical (unpaired) electrons. The Labute approximate surface area is 237 Å². The summed E-state index contributed by atoms with van der Waals surface area (Å²) in [5.41, 5.74) is -0.0942. The van der Waals surface area contributed by atoms with Crippen molar-refractivity contribution in [2.24, 2.45) is 5.92 Å². The summed E-state index contributed by atoms with van der Waals surface area (Å²) in [7, 11) is 0. The van der Waals surface area contributed by atoms with Crippen LogP contribution in [0.5, 0.6) is 0 Å². The maximum Gasteiger partial charge on any atom is 0.256 e. The zero-order valence-electron chi connectivity index (χ0n) is 23.1. The highest BCUT2D eigenvalue weighted by molar-refractivity contribution is 5.94. The van der Waals surface area contributed by atoms with Crippen LogP contribution in [-0.2, 0) is 14.3 Å². The van der Waals surface area contributed by atoms with Crippen LogP contribution >= 0.6 is 12.4 Å². The van der Waals surface area contributed by atoms with E-state index in [0.29, 0.717) is 38.5 Å². The molecule has 1 aromatic carbocycles. The van der Waals surface area contributed by atoms with E-state index in [4.69, 9.17) is 9.47 Å². The first kappa shape index (κ1) is 33.4. The third kappa shape index (κ3) is 10.3. The minimum atomic E-state index is -1.32. The Morgan fingerprint density at radius 2 is 1.87 bits per heavy atom. The van der Waals surface area contributed by atoms with Crippen LogP contribution in [0.1, 0.15) is 56.3 Å². The van der Waals surface area contributed by atoms with E-state index in [9.17, 15) is 24.2 Å². The maximum absolute atomic E-state index is 14.6. The molecule has 0 spiro atoms. The van der Waals surface area contributed by atoms with E-state index in [1.54, 1.807) is 11.0 Å². The van der Waals surface area contributed by atoms with Gasteiger partial charge >= 0.3 is 0 Å². The van der Waals surface area contributed by atoms with E-state index in [0.717, 1.165) is 25.8 Å². The molecule has 0 aliphatic carbocycles. The van der Waals surface area contributed by atoms with E-state index < -0.39 is 30.0 Å². The number of nitrogens with one attached hydrogen (secondary N) is 1. The van der Waals surface area contributed by atoms with Crippen molar-refractivity contribution >= 4 is 24.2 Å². The lowest BCUT2D eigenvalue weighted by atomic mass is 10.1. The molecule has 0 unspecified atom stereocenters. The first-order valence-corrected chi connectivity index (χ1v) is 13.9. The SMILES string of the molecule is CC(C)CCO[C@@H]1CN(C(=O)c2ccccc2F)CCN(C(=O)[C@H]2CCCN2)CCCCOC[C@@H](O)[C@H]1O.Cl. The van der Waals surface area contributed by atoms with Gasteiger partial charge in [0.2, 0.25) is 5.91 Å². The summed E-state index contributed by atoms with van der Waals surface area (Å²) >= 11 is 0. The summed E-state index contributed by atoms with van der Waals surface area (Å²) in [5.74, 6) is -0.851. The summed E-state index contributed by atoms with van der Waals surface area (Å²) in [5, 5.41) is 24.8. The minimum Gasteiger partial charge on any atom is -0.388 e. The smallest absolute Gasteiger partial charge is 0.256 e. The van der Waals surface area contributed by atoms with Gasteiger partial charge in [0.25, 0.3) is 5.91 Å². The van der Waals surface area contributed by atoms with Crippen LogP contribution in [0.15, 0.2) is 24.3 Å². The second-order valence-electron chi connectivity index (χ2n) is 10.6. The molecule has 2 aliphatic heterocycles. The summed E-state index contributed by atoms with van der Waals surface area (Å²) in [6, 6.07) is 5.51. The normalized spacial score (nSPS) is 25.7. The fourth-order valence-corrected chi connectivity index (χ4v) is 4.76. The Morgan fingerprint density at radius 3 is 2.56 bits per heavy atom. The predicted octanol–water partition coefficient (Wildman–Crippen LogP) is 2.23.